The van der Waals surface area contributed by atoms with Crippen LogP contribution in [0.5, 0.6) is 0 Å². The van der Waals surface area contributed by atoms with E-state index in [0.29, 0.717) is 5.82 Å². The molecule has 4 nitrogen and oxygen atoms in total. The number of anilines is 2. The summed E-state index contributed by atoms with van der Waals surface area (Å²) in [6.07, 6.45) is 3.41. The summed E-state index contributed by atoms with van der Waals surface area (Å²) in [7, 11) is 0. The summed E-state index contributed by atoms with van der Waals surface area (Å²) in [5, 5.41) is 0. The third-order valence-corrected chi connectivity index (χ3v) is 3.84. The summed E-state index contributed by atoms with van der Waals surface area (Å²) in [5.41, 5.74) is 0. The van der Waals surface area contributed by atoms with Crippen molar-refractivity contribution in [3.8, 4) is 0 Å². The Hall–Kier alpha value is -1.69. The van der Waals surface area contributed by atoms with E-state index in [1.54, 1.807) is 18.5 Å². The summed E-state index contributed by atoms with van der Waals surface area (Å²) in [6.45, 7) is 3.09. The average molecular weight is 337 g/mol. The Labute approximate surface area is 125 Å². The number of rotatable bonds is 2. The monoisotopic (exact) mass is 336 g/mol. The number of pyridine rings is 2. The molecule has 0 radical (unpaired) electrons. The lowest BCUT2D eigenvalue weighted by atomic mass is 10.3. The van der Waals surface area contributed by atoms with Crippen LogP contribution in [-0.4, -0.2) is 36.1 Å². The SMILES string of the molecule is Fc1cccnc1N1CCN(c2cc(Br)ccn2)CC1. The lowest BCUT2D eigenvalue weighted by Crippen LogP contribution is -2.47. The zero-order chi connectivity index (χ0) is 13.9. The normalized spacial score (nSPS) is 15.5. The van der Waals surface area contributed by atoms with E-state index in [9.17, 15) is 4.39 Å². The molecule has 2 aromatic heterocycles. The highest BCUT2D eigenvalue weighted by Crippen LogP contribution is 2.21. The molecule has 0 N–H and O–H groups in total. The molecule has 0 amide bonds. The first-order valence-corrected chi connectivity index (χ1v) is 7.25. The maximum atomic E-state index is 13.7. The van der Waals surface area contributed by atoms with Crippen LogP contribution in [0.4, 0.5) is 16.0 Å². The second-order valence-electron chi connectivity index (χ2n) is 4.62. The lowest BCUT2D eigenvalue weighted by Gasteiger charge is -2.36. The number of hydrogen-bond acceptors (Lipinski definition) is 4. The third-order valence-electron chi connectivity index (χ3n) is 3.35. The Morgan fingerprint density at radius 3 is 2.45 bits per heavy atom. The summed E-state index contributed by atoms with van der Waals surface area (Å²) < 4.78 is 14.7. The Morgan fingerprint density at radius 1 is 1.00 bits per heavy atom. The predicted octanol–water partition coefficient (Wildman–Crippen LogP) is 2.70. The van der Waals surface area contributed by atoms with Crippen LogP contribution >= 0.6 is 15.9 Å². The van der Waals surface area contributed by atoms with Gasteiger partial charge in [0.05, 0.1) is 0 Å². The van der Waals surface area contributed by atoms with Crippen LogP contribution in [0.25, 0.3) is 0 Å². The lowest BCUT2D eigenvalue weighted by molar-refractivity contribution is 0.587. The summed E-state index contributed by atoms with van der Waals surface area (Å²) in [5.74, 6) is 1.12. The van der Waals surface area contributed by atoms with E-state index in [2.05, 4.69) is 30.8 Å². The molecule has 3 heterocycles. The van der Waals surface area contributed by atoms with E-state index in [4.69, 9.17) is 0 Å². The van der Waals surface area contributed by atoms with Crippen molar-refractivity contribution in [2.24, 2.45) is 0 Å². The Kier molecular flexibility index (Phi) is 3.82. The van der Waals surface area contributed by atoms with E-state index < -0.39 is 0 Å². The zero-order valence-corrected chi connectivity index (χ0v) is 12.4. The van der Waals surface area contributed by atoms with Crippen LogP contribution in [-0.2, 0) is 0 Å². The van der Waals surface area contributed by atoms with Crippen molar-refractivity contribution in [2.75, 3.05) is 36.0 Å². The van der Waals surface area contributed by atoms with Crippen LogP contribution in [0.3, 0.4) is 0 Å². The molecular weight excluding hydrogens is 323 g/mol. The van der Waals surface area contributed by atoms with Crippen LogP contribution in [0.1, 0.15) is 0 Å². The molecule has 0 unspecified atom stereocenters. The molecule has 104 valence electrons. The minimum atomic E-state index is -0.262. The third kappa shape index (κ3) is 2.75. The number of hydrogen-bond donors (Lipinski definition) is 0. The minimum Gasteiger partial charge on any atom is -0.353 e. The molecule has 0 bridgehead atoms. The molecule has 1 aliphatic heterocycles. The number of aromatic nitrogens is 2. The fraction of sp³-hybridized carbons (Fsp3) is 0.286. The smallest absolute Gasteiger partial charge is 0.165 e. The van der Waals surface area contributed by atoms with E-state index in [1.165, 1.54) is 6.07 Å². The fourth-order valence-corrected chi connectivity index (χ4v) is 2.65. The molecule has 0 aliphatic carbocycles. The van der Waals surface area contributed by atoms with E-state index in [1.807, 2.05) is 17.0 Å². The Balaban J connectivity index is 1.70. The minimum absolute atomic E-state index is 0.262. The Morgan fingerprint density at radius 2 is 1.75 bits per heavy atom. The molecule has 0 atom stereocenters. The zero-order valence-electron chi connectivity index (χ0n) is 10.8. The van der Waals surface area contributed by atoms with Crippen molar-refractivity contribution in [1.82, 2.24) is 9.97 Å². The van der Waals surface area contributed by atoms with Gasteiger partial charge < -0.3 is 9.80 Å². The van der Waals surface area contributed by atoms with Gasteiger partial charge in [0.1, 0.15) is 5.82 Å². The molecule has 1 fully saturated rings. The first-order valence-electron chi connectivity index (χ1n) is 6.46. The molecule has 0 spiro atoms. The molecule has 1 saturated heterocycles. The first-order chi connectivity index (χ1) is 9.74. The van der Waals surface area contributed by atoms with E-state index >= 15 is 0 Å². The largest absolute Gasteiger partial charge is 0.353 e. The van der Waals surface area contributed by atoms with Gasteiger partial charge in [-0.2, -0.15) is 0 Å². The average Bonchev–Trinajstić information content (AvgIpc) is 2.48. The van der Waals surface area contributed by atoms with Crippen molar-refractivity contribution >= 4 is 27.6 Å². The second kappa shape index (κ2) is 5.75. The van der Waals surface area contributed by atoms with Gasteiger partial charge in [0, 0.05) is 43.0 Å². The summed E-state index contributed by atoms with van der Waals surface area (Å²) >= 11 is 3.45. The molecule has 3 rings (SSSR count). The number of halogens is 2. The van der Waals surface area contributed by atoms with E-state index in [0.717, 1.165) is 36.5 Å². The summed E-state index contributed by atoms with van der Waals surface area (Å²) in [4.78, 5) is 12.7. The van der Waals surface area contributed by atoms with Crippen LogP contribution in [0.15, 0.2) is 41.1 Å². The molecule has 0 aromatic carbocycles. The van der Waals surface area contributed by atoms with Crippen LogP contribution in [0, 0.1) is 5.82 Å². The van der Waals surface area contributed by atoms with Gasteiger partial charge in [-0.1, -0.05) is 15.9 Å². The molecule has 0 saturated carbocycles. The van der Waals surface area contributed by atoms with Crippen molar-refractivity contribution in [2.45, 2.75) is 0 Å². The van der Waals surface area contributed by atoms with Crippen molar-refractivity contribution in [3.05, 3.63) is 46.9 Å². The fourth-order valence-electron chi connectivity index (χ4n) is 2.32. The molecular formula is C14H14BrFN4. The van der Waals surface area contributed by atoms with Crippen molar-refractivity contribution < 1.29 is 4.39 Å². The van der Waals surface area contributed by atoms with Gasteiger partial charge in [0.25, 0.3) is 0 Å². The maximum absolute atomic E-state index is 13.7. The first kappa shape index (κ1) is 13.3. The van der Waals surface area contributed by atoms with Gasteiger partial charge in [0.15, 0.2) is 11.6 Å². The van der Waals surface area contributed by atoms with Crippen molar-refractivity contribution in [1.29, 1.82) is 0 Å². The highest BCUT2D eigenvalue weighted by molar-refractivity contribution is 9.10. The van der Waals surface area contributed by atoms with Gasteiger partial charge in [-0.25, -0.2) is 14.4 Å². The van der Waals surface area contributed by atoms with Gasteiger partial charge in [0.2, 0.25) is 0 Å². The predicted molar refractivity (Wildman–Crippen MR) is 80.6 cm³/mol. The quantitative estimate of drug-likeness (QED) is 0.844. The van der Waals surface area contributed by atoms with Gasteiger partial charge in [-0.3, -0.25) is 0 Å². The molecule has 20 heavy (non-hydrogen) atoms. The standard InChI is InChI=1S/C14H14BrFN4/c15-11-3-5-17-13(10-11)19-6-8-20(9-7-19)14-12(16)2-1-4-18-14/h1-5,10H,6-9H2. The van der Waals surface area contributed by atoms with Gasteiger partial charge >= 0.3 is 0 Å². The van der Waals surface area contributed by atoms with Crippen LogP contribution in [0.2, 0.25) is 0 Å². The molecule has 6 heteroatoms. The summed E-state index contributed by atoms with van der Waals surface area (Å²) in [6, 6.07) is 6.96. The van der Waals surface area contributed by atoms with Crippen LogP contribution < -0.4 is 9.80 Å². The topological polar surface area (TPSA) is 32.3 Å². The molecule has 1 aliphatic rings. The number of nitrogens with zero attached hydrogens (tertiary/aromatic N) is 4. The van der Waals surface area contributed by atoms with Gasteiger partial charge in [-0.15, -0.1) is 0 Å². The van der Waals surface area contributed by atoms with Gasteiger partial charge in [-0.05, 0) is 24.3 Å². The highest BCUT2D eigenvalue weighted by atomic mass is 79.9. The van der Waals surface area contributed by atoms with E-state index in [-0.39, 0.29) is 5.82 Å². The second-order valence-corrected chi connectivity index (χ2v) is 5.53. The molecule has 2 aromatic rings. The Bertz CT molecular complexity index is 599. The highest BCUT2D eigenvalue weighted by Gasteiger charge is 2.21. The van der Waals surface area contributed by atoms with Crippen molar-refractivity contribution in [3.63, 3.8) is 0 Å². The maximum Gasteiger partial charge on any atom is 0.165 e. The number of piperazine rings is 1.